The molecule has 0 radical (unpaired) electrons. The molecule has 0 unspecified atom stereocenters. The minimum Gasteiger partial charge on any atom is -0.494 e. The Balaban J connectivity index is 1.85. The van der Waals surface area contributed by atoms with Crippen LogP contribution in [0.15, 0.2) is 48.5 Å². The van der Waals surface area contributed by atoms with Gasteiger partial charge < -0.3 is 20.7 Å². The highest BCUT2D eigenvalue weighted by atomic mass is 16.5. The lowest BCUT2D eigenvalue weighted by Gasteiger charge is -2.11. The highest BCUT2D eigenvalue weighted by Gasteiger charge is 2.05. The third-order valence-corrected chi connectivity index (χ3v) is 3.80. The quantitative estimate of drug-likeness (QED) is 0.547. The summed E-state index contributed by atoms with van der Waals surface area (Å²) in [6.07, 6.45) is 2.49. The van der Waals surface area contributed by atoms with Crippen molar-refractivity contribution in [2.75, 3.05) is 29.1 Å². The van der Waals surface area contributed by atoms with Gasteiger partial charge in [-0.05, 0) is 36.8 Å². The van der Waals surface area contributed by atoms with Gasteiger partial charge in [0.25, 0.3) is 0 Å². The molecule has 6 heteroatoms. The molecule has 0 spiro atoms. The van der Waals surface area contributed by atoms with Gasteiger partial charge in [-0.15, -0.1) is 0 Å². The zero-order valence-corrected chi connectivity index (χ0v) is 15.9. The lowest BCUT2D eigenvalue weighted by molar-refractivity contribution is -0.116. The zero-order valence-electron chi connectivity index (χ0n) is 15.9. The van der Waals surface area contributed by atoms with Crippen LogP contribution in [0.5, 0.6) is 5.75 Å². The van der Waals surface area contributed by atoms with E-state index < -0.39 is 0 Å². The largest absolute Gasteiger partial charge is 0.494 e. The second-order valence-corrected chi connectivity index (χ2v) is 6.11. The molecule has 2 aromatic carbocycles. The summed E-state index contributed by atoms with van der Waals surface area (Å²) >= 11 is 0. The van der Waals surface area contributed by atoms with Gasteiger partial charge in [0.1, 0.15) is 5.75 Å². The average molecular weight is 369 g/mol. The van der Waals surface area contributed by atoms with Gasteiger partial charge in [0, 0.05) is 29.5 Å². The second kappa shape index (κ2) is 10.9. The molecule has 6 nitrogen and oxygen atoms in total. The Kier molecular flexibility index (Phi) is 8.16. The third kappa shape index (κ3) is 7.40. The van der Waals surface area contributed by atoms with Crippen LogP contribution in [0.4, 0.5) is 17.1 Å². The number of anilines is 3. The molecule has 27 heavy (non-hydrogen) atoms. The van der Waals surface area contributed by atoms with Gasteiger partial charge in [-0.2, -0.15) is 0 Å². The minimum absolute atomic E-state index is 0.0501. The number of carbonyl (C=O) groups excluding carboxylic acids is 2. The number of hydrogen-bond acceptors (Lipinski definition) is 4. The van der Waals surface area contributed by atoms with Crippen LogP contribution < -0.4 is 20.7 Å². The van der Waals surface area contributed by atoms with Crippen molar-refractivity contribution in [3.63, 3.8) is 0 Å². The molecule has 2 rings (SSSR count). The summed E-state index contributed by atoms with van der Waals surface area (Å²) in [6, 6.07) is 14.6. The fourth-order valence-corrected chi connectivity index (χ4v) is 2.34. The highest BCUT2D eigenvalue weighted by molar-refractivity contribution is 5.94. The number of rotatable bonds is 10. The molecular formula is C21H27N3O3. The lowest BCUT2D eigenvalue weighted by atomic mass is 10.2. The molecule has 0 aliphatic rings. The van der Waals surface area contributed by atoms with Gasteiger partial charge in [0.15, 0.2) is 0 Å². The van der Waals surface area contributed by atoms with Crippen LogP contribution in [0.25, 0.3) is 0 Å². The van der Waals surface area contributed by atoms with E-state index >= 15 is 0 Å². The number of nitrogens with one attached hydrogen (secondary N) is 3. The Bertz CT molecular complexity index is 762. The molecule has 0 fully saturated rings. The summed E-state index contributed by atoms with van der Waals surface area (Å²) in [5.74, 6) is 0.531. The van der Waals surface area contributed by atoms with Gasteiger partial charge >= 0.3 is 0 Å². The number of ether oxygens (including phenoxy) is 1. The van der Waals surface area contributed by atoms with Crippen molar-refractivity contribution < 1.29 is 14.3 Å². The van der Waals surface area contributed by atoms with Crippen LogP contribution in [0, 0.1) is 0 Å². The molecule has 144 valence electrons. The normalized spacial score (nSPS) is 10.1. The maximum Gasteiger partial charge on any atom is 0.243 e. The number of benzene rings is 2. The SMILES string of the molecule is CCCCOc1cccc(NC(=O)CNc2cccc(NC(=O)CC)c2)c1. The van der Waals surface area contributed by atoms with Crippen molar-refractivity contribution in [3.8, 4) is 5.75 Å². The molecule has 0 aliphatic heterocycles. The monoisotopic (exact) mass is 369 g/mol. The fraction of sp³-hybridized carbons (Fsp3) is 0.333. The summed E-state index contributed by atoms with van der Waals surface area (Å²) < 4.78 is 5.65. The van der Waals surface area contributed by atoms with E-state index in [1.165, 1.54) is 0 Å². The summed E-state index contributed by atoms with van der Waals surface area (Å²) in [5, 5.41) is 8.70. The number of unbranched alkanes of at least 4 members (excludes halogenated alkanes) is 1. The molecule has 3 N–H and O–H groups in total. The van der Waals surface area contributed by atoms with Gasteiger partial charge in [-0.25, -0.2) is 0 Å². The molecule has 0 bridgehead atoms. The molecule has 0 saturated carbocycles. The smallest absolute Gasteiger partial charge is 0.243 e. The van der Waals surface area contributed by atoms with E-state index in [0.29, 0.717) is 24.4 Å². The second-order valence-electron chi connectivity index (χ2n) is 6.11. The first-order chi connectivity index (χ1) is 13.1. The van der Waals surface area contributed by atoms with Crippen LogP contribution in [-0.2, 0) is 9.59 Å². The molecule has 0 atom stereocenters. The van der Waals surface area contributed by atoms with E-state index in [4.69, 9.17) is 4.74 Å². The van der Waals surface area contributed by atoms with Crippen molar-refractivity contribution >= 4 is 28.9 Å². The van der Waals surface area contributed by atoms with E-state index in [2.05, 4.69) is 22.9 Å². The third-order valence-electron chi connectivity index (χ3n) is 3.80. The molecule has 0 aromatic heterocycles. The minimum atomic E-state index is -0.163. The van der Waals surface area contributed by atoms with Gasteiger partial charge in [-0.3, -0.25) is 9.59 Å². The number of carbonyl (C=O) groups is 2. The molecular weight excluding hydrogens is 342 g/mol. The topological polar surface area (TPSA) is 79.5 Å². The molecule has 0 aliphatic carbocycles. The molecule has 0 heterocycles. The number of hydrogen-bond donors (Lipinski definition) is 3. The van der Waals surface area contributed by atoms with Crippen LogP contribution in [0.3, 0.4) is 0 Å². The Hall–Kier alpha value is -3.02. The van der Waals surface area contributed by atoms with Crippen molar-refractivity contribution in [2.24, 2.45) is 0 Å². The van der Waals surface area contributed by atoms with Crippen molar-refractivity contribution in [1.29, 1.82) is 0 Å². The Morgan fingerprint density at radius 3 is 2.30 bits per heavy atom. The first-order valence-corrected chi connectivity index (χ1v) is 9.27. The summed E-state index contributed by atoms with van der Waals surface area (Å²) in [4.78, 5) is 23.6. The van der Waals surface area contributed by atoms with Gasteiger partial charge in [0.05, 0.1) is 13.2 Å². The summed E-state index contributed by atoms with van der Waals surface area (Å²) in [7, 11) is 0. The number of amides is 2. The first kappa shape index (κ1) is 20.3. The fourth-order valence-electron chi connectivity index (χ4n) is 2.34. The van der Waals surface area contributed by atoms with Crippen LogP contribution >= 0.6 is 0 Å². The van der Waals surface area contributed by atoms with Crippen molar-refractivity contribution in [3.05, 3.63) is 48.5 Å². The maximum absolute atomic E-state index is 12.2. The molecule has 2 aromatic rings. The van der Waals surface area contributed by atoms with E-state index in [0.717, 1.165) is 24.3 Å². The first-order valence-electron chi connectivity index (χ1n) is 9.27. The lowest BCUT2D eigenvalue weighted by Crippen LogP contribution is -2.21. The van der Waals surface area contributed by atoms with E-state index in [1.54, 1.807) is 13.0 Å². The maximum atomic E-state index is 12.2. The molecule has 0 saturated heterocycles. The predicted octanol–water partition coefficient (Wildman–Crippen LogP) is 4.26. The van der Waals surface area contributed by atoms with E-state index in [-0.39, 0.29) is 18.4 Å². The summed E-state index contributed by atoms with van der Waals surface area (Å²) in [5.41, 5.74) is 2.15. The standard InChI is InChI=1S/C21H27N3O3/c1-3-5-12-27-19-11-7-10-18(14-19)24-21(26)15-22-16-8-6-9-17(13-16)23-20(25)4-2/h6-11,13-14,22H,3-5,12,15H2,1-2H3,(H,23,25)(H,24,26). The Morgan fingerprint density at radius 1 is 0.889 bits per heavy atom. The van der Waals surface area contributed by atoms with Gasteiger partial charge in [0.2, 0.25) is 11.8 Å². The predicted molar refractivity (Wildman–Crippen MR) is 109 cm³/mol. The van der Waals surface area contributed by atoms with Crippen LogP contribution in [-0.4, -0.2) is 25.0 Å². The van der Waals surface area contributed by atoms with Crippen molar-refractivity contribution in [2.45, 2.75) is 33.1 Å². The average Bonchev–Trinajstić information content (AvgIpc) is 2.67. The van der Waals surface area contributed by atoms with Crippen LogP contribution in [0.2, 0.25) is 0 Å². The Morgan fingerprint density at radius 2 is 1.56 bits per heavy atom. The Labute approximate surface area is 160 Å². The van der Waals surface area contributed by atoms with Gasteiger partial charge in [-0.1, -0.05) is 32.4 Å². The molecule has 2 amide bonds. The van der Waals surface area contributed by atoms with E-state index in [1.807, 2.05) is 42.5 Å². The highest BCUT2D eigenvalue weighted by Crippen LogP contribution is 2.18. The van der Waals surface area contributed by atoms with E-state index in [9.17, 15) is 9.59 Å². The summed E-state index contributed by atoms with van der Waals surface area (Å²) in [6.45, 7) is 4.69. The van der Waals surface area contributed by atoms with Crippen molar-refractivity contribution in [1.82, 2.24) is 0 Å². The zero-order chi connectivity index (χ0) is 19.5. The van der Waals surface area contributed by atoms with Crippen LogP contribution in [0.1, 0.15) is 33.1 Å².